The molecule has 0 spiro atoms. The smallest absolute Gasteiger partial charge is 0.0455 e. The van der Waals surface area contributed by atoms with Gasteiger partial charge in [-0.25, -0.2) is 0 Å². The van der Waals surface area contributed by atoms with E-state index in [0.717, 1.165) is 10.6 Å². The Morgan fingerprint density at radius 2 is 1.22 bits per heavy atom. The Labute approximate surface area is 115 Å². The summed E-state index contributed by atoms with van der Waals surface area (Å²) in [6.07, 6.45) is 0. The molecule has 0 saturated heterocycles. The Bertz CT molecular complexity index is 412. The van der Waals surface area contributed by atoms with E-state index >= 15 is 0 Å². The molecule has 2 rings (SSSR count). The molecule has 0 aliphatic rings. The van der Waals surface area contributed by atoms with Crippen LogP contribution in [0.4, 0.5) is 5.69 Å². The SMILES string of the molecule is CC.CC.Nc1ccccc1Sc1ccccc1. The number of nitrogens with two attached hydrogens (primary N) is 1. The molecule has 0 aliphatic heterocycles. The molecular formula is C16H23NS. The van der Waals surface area contributed by atoms with Gasteiger partial charge in [-0.05, 0) is 24.3 Å². The molecule has 0 amide bonds. The number of hydrogen-bond acceptors (Lipinski definition) is 2. The Morgan fingerprint density at radius 3 is 1.78 bits per heavy atom. The highest BCUT2D eigenvalue weighted by molar-refractivity contribution is 7.99. The van der Waals surface area contributed by atoms with Gasteiger partial charge in [-0.15, -0.1) is 0 Å². The predicted molar refractivity (Wildman–Crippen MR) is 84.1 cm³/mol. The summed E-state index contributed by atoms with van der Waals surface area (Å²) < 4.78 is 0. The van der Waals surface area contributed by atoms with Gasteiger partial charge in [-0.2, -0.15) is 0 Å². The lowest BCUT2D eigenvalue weighted by molar-refractivity contribution is 1.41. The molecule has 1 nitrogen and oxygen atoms in total. The van der Waals surface area contributed by atoms with Crippen molar-refractivity contribution in [3.05, 3.63) is 54.6 Å². The minimum absolute atomic E-state index is 0.835. The summed E-state index contributed by atoms with van der Waals surface area (Å²) in [5, 5.41) is 0. The Hall–Kier alpha value is -1.41. The first-order chi connectivity index (χ1) is 8.86. The Kier molecular flexibility index (Phi) is 9.89. The normalized spacial score (nSPS) is 8.44. The van der Waals surface area contributed by atoms with E-state index in [1.54, 1.807) is 11.8 Å². The number of para-hydroxylation sites is 1. The predicted octanol–water partition coefficient (Wildman–Crippen LogP) is 5.47. The molecule has 2 N–H and O–H groups in total. The molecule has 2 aromatic rings. The average molecular weight is 261 g/mol. The number of hydrogen-bond donors (Lipinski definition) is 1. The van der Waals surface area contributed by atoms with Crippen LogP contribution in [0.1, 0.15) is 27.7 Å². The highest BCUT2D eigenvalue weighted by Crippen LogP contribution is 2.31. The van der Waals surface area contributed by atoms with Gasteiger partial charge in [0.1, 0.15) is 0 Å². The van der Waals surface area contributed by atoms with Crippen LogP contribution in [0.2, 0.25) is 0 Å². The van der Waals surface area contributed by atoms with Gasteiger partial charge in [-0.3, -0.25) is 0 Å². The highest BCUT2D eigenvalue weighted by atomic mass is 32.2. The average Bonchev–Trinajstić information content (AvgIpc) is 2.47. The van der Waals surface area contributed by atoms with E-state index < -0.39 is 0 Å². The van der Waals surface area contributed by atoms with Crippen molar-refractivity contribution in [3.8, 4) is 0 Å². The summed E-state index contributed by atoms with van der Waals surface area (Å²) >= 11 is 1.69. The van der Waals surface area contributed by atoms with Crippen molar-refractivity contribution < 1.29 is 0 Å². The fraction of sp³-hybridized carbons (Fsp3) is 0.250. The van der Waals surface area contributed by atoms with Gasteiger partial charge in [0.05, 0.1) is 0 Å². The van der Waals surface area contributed by atoms with Crippen molar-refractivity contribution in [1.82, 2.24) is 0 Å². The van der Waals surface area contributed by atoms with E-state index in [0.29, 0.717) is 0 Å². The van der Waals surface area contributed by atoms with Crippen LogP contribution < -0.4 is 5.73 Å². The summed E-state index contributed by atoms with van der Waals surface area (Å²) in [4.78, 5) is 2.32. The zero-order valence-electron chi connectivity index (χ0n) is 11.7. The van der Waals surface area contributed by atoms with Crippen LogP contribution in [-0.2, 0) is 0 Å². The maximum absolute atomic E-state index is 5.85. The first kappa shape index (κ1) is 16.6. The quantitative estimate of drug-likeness (QED) is 0.725. The number of nitrogen functional groups attached to an aromatic ring is 1. The standard InChI is InChI=1S/C12H11NS.2C2H6/c13-11-8-4-5-9-12(11)14-10-6-2-1-3-7-10;2*1-2/h1-9H,13H2;2*1-2H3. The van der Waals surface area contributed by atoms with E-state index in [9.17, 15) is 0 Å². The maximum atomic E-state index is 5.85. The van der Waals surface area contributed by atoms with Gasteiger partial charge in [0.2, 0.25) is 0 Å². The number of rotatable bonds is 2. The number of anilines is 1. The Balaban J connectivity index is 0.000000659. The molecule has 0 aromatic heterocycles. The summed E-state index contributed by atoms with van der Waals surface area (Å²) in [6.45, 7) is 8.00. The molecule has 0 aliphatic carbocycles. The summed E-state index contributed by atoms with van der Waals surface area (Å²) in [5.74, 6) is 0. The van der Waals surface area contributed by atoms with Crippen molar-refractivity contribution in [1.29, 1.82) is 0 Å². The number of benzene rings is 2. The minimum atomic E-state index is 0.835. The van der Waals surface area contributed by atoms with Crippen molar-refractivity contribution >= 4 is 17.4 Å². The molecule has 98 valence electrons. The second kappa shape index (κ2) is 10.7. The molecule has 2 heteroatoms. The zero-order valence-corrected chi connectivity index (χ0v) is 12.5. The van der Waals surface area contributed by atoms with E-state index in [1.165, 1.54) is 4.90 Å². The summed E-state index contributed by atoms with van der Waals surface area (Å²) in [5.41, 5.74) is 6.68. The Morgan fingerprint density at radius 1 is 0.722 bits per heavy atom. The third-order valence-corrected chi connectivity index (χ3v) is 2.99. The fourth-order valence-electron chi connectivity index (χ4n) is 1.19. The van der Waals surface area contributed by atoms with Crippen molar-refractivity contribution in [2.24, 2.45) is 0 Å². The second-order valence-electron chi connectivity index (χ2n) is 2.95. The van der Waals surface area contributed by atoms with Crippen LogP contribution in [0.3, 0.4) is 0 Å². The third kappa shape index (κ3) is 5.78. The first-order valence-corrected chi connectivity index (χ1v) is 7.25. The van der Waals surface area contributed by atoms with Crippen molar-refractivity contribution in [3.63, 3.8) is 0 Å². The molecule has 0 heterocycles. The van der Waals surface area contributed by atoms with E-state index in [1.807, 2.05) is 70.2 Å². The largest absolute Gasteiger partial charge is 0.398 e. The lowest BCUT2D eigenvalue weighted by atomic mass is 10.3. The molecular weight excluding hydrogens is 238 g/mol. The minimum Gasteiger partial charge on any atom is -0.398 e. The van der Waals surface area contributed by atoms with E-state index in [-0.39, 0.29) is 0 Å². The third-order valence-electron chi connectivity index (χ3n) is 1.89. The molecule has 0 unspecified atom stereocenters. The van der Waals surface area contributed by atoms with Gasteiger partial charge in [0, 0.05) is 15.5 Å². The van der Waals surface area contributed by atoms with Crippen LogP contribution in [-0.4, -0.2) is 0 Å². The molecule has 0 fully saturated rings. The summed E-state index contributed by atoms with van der Waals surface area (Å²) in [7, 11) is 0. The van der Waals surface area contributed by atoms with Gasteiger partial charge < -0.3 is 5.73 Å². The van der Waals surface area contributed by atoms with Crippen LogP contribution in [0.15, 0.2) is 64.4 Å². The van der Waals surface area contributed by atoms with Gasteiger partial charge in [0.15, 0.2) is 0 Å². The first-order valence-electron chi connectivity index (χ1n) is 6.43. The van der Waals surface area contributed by atoms with Gasteiger partial charge in [-0.1, -0.05) is 69.8 Å². The lowest BCUT2D eigenvalue weighted by Crippen LogP contribution is -1.86. The van der Waals surface area contributed by atoms with Crippen LogP contribution in [0.5, 0.6) is 0 Å². The van der Waals surface area contributed by atoms with Crippen LogP contribution in [0, 0.1) is 0 Å². The van der Waals surface area contributed by atoms with Crippen LogP contribution in [0.25, 0.3) is 0 Å². The lowest BCUT2D eigenvalue weighted by Gasteiger charge is -2.03. The van der Waals surface area contributed by atoms with E-state index in [4.69, 9.17) is 5.73 Å². The van der Waals surface area contributed by atoms with Crippen LogP contribution >= 0.6 is 11.8 Å². The van der Waals surface area contributed by atoms with Crippen molar-refractivity contribution in [2.45, 2.75) is 37.5 Å². The molecule has 18 heavy (non-hydrogen) atoms. The maximum Gasteiger partial charge on any atom is 0.0455 e. The molecule has 0 bridgehead atoms. The second-order valence-corrected chi connectivity index (χ2v) is 4.07. The molecule has 0 atom stereocenters. The molecule has 2 aromatic carbocycles. The molecule has 0 saturated carbocycles. The zero-order chi connectivity index (χ0) is 13.8. The highest BCUT2D eigenvalue weighted by Gasteiger charge is 1.99. The molecule has 0 radical (unpaired) electrons. The van der Waals surface area contributed by atoms with Crippen molar-refractivity contribution in [2.75, 3.05) is 5.73 Å². The topological polar surface area (TPSA) is 26.0 Å². The van der Waals surface area contributed by atoms with Gasteiger partial charge >= 0.3 is 0 Å². The monoisotopic (exact) mass is 261 g/mol. The fourth-order valence-corrected chi connectivity index (χ4v) is 2.07. The van der Waals surface area contributed by atoms with E-state index in [2.05, 4.69) is 12.1 Å². The summed E-state index contributed by atoms with van der Waals surface area (Å²) in [6, 6.07) is 18.1. The van der Waals surface area contributed by atoms with Gasteiger partial charge in [0.25, 0.3) is 0 Å².